The monoisotopic (exact) mass is 327 g/mol. The number of hydrogen-bond donors (Lipinski definition) is 1. The number of nitrogens with zero attached hydrogens (tertiary/aromatic N) is 2. The van der Waals surface area contributed by atoms with E-state index in [-0.39, 0.29) is 17.2 Å². The summed E-state index contributed by atoms with van der Waals surface area (Å²) in [5, 5.41) is 5.78. The second kappa shape index (κ2) is 5.70. The highest BCUT2D eigenvalue weighted by Gasteiger charge is 2.41. The predicted molar refractivity (Wildman–Crippen MR) is 89.7 cm³/mol. The van der Waals surface area contributed by atoms with E-state index in [9.17, 15) is 4.79 Å². The molecule has 2 heterocycles. The van der Waals surface area contributed by atoms with Crippen LogP contribution in [0.5, 0.6) is 0 Å². The number of carbonyl (C=O) groups excluding carboxylic acids is 1. The number of urea groups is 1. The van der Waals surface area contributed by atoms with Crippen molar-refractivity contribution >= 4 is 30.8 Å². The maximum Gasteiger partial charge on any atom is 0.323 e. The molecule has 5 nitrogen and oxygen atoms in total. The Hall–Kier alpha value is -0.923. The molecule has 7 heteroatoms. The third-order valence-corrected chi connectivity index (χ3v) is 9.73. The van der Waals surface area contributed by atoms with Gasteiger partial charge in [-0.2, -0.15) is 0 Å². The van der Waals surface area contributed by atoms with E-state index >= 15 is 0 Å². The van der Waals surface area contributed by atoms with Gasteiger partial charge in [0.1, 0.15) is 0 Å². The molecule has 0 saturated carbocycles. The lowest BCUT2D eigenvalue weighted by Crippen LogP contribution is -2.58. The summed E-state index contributed by atoms with van der Waals surface area (Å²) >= 11 is 1.50. The van der Waals surface area contributed by atoms with Gasteiger partial charge in [-0.25, -0.2) is 9.78 Å². The van der Waals surface area contributed by atoms with Crippen molar-refractivity contribution in [3.8, 4) is 0 Å². The first-order valence-electron chi connectivity index (χ1n) is 7.25. The zero-order valence-electron chi connectivity index (χ0n) is 13.7. The van der Waals surface area contributed by atoms with Crippen molar-refractivity contribution in [3.63, 3.8) is 0 Å². The molecular formula is C14H25N3O2SSi. The van der Waals surface area contributed by atoms with E-state index in [1.165, 1.54) is 11.3 Å². The summed E-state index contributed by atoms with van der Waals surface area (Å²) in [5.41, 5.74) is 0.940. The van der Waals surface area contributed by atoms with Crippen LogP contribution in [0.1, 0.15) is 26.5 Å². The van der Waals surface area contributed by atoms with Gasteiger partial charge in [-0.15, -0.1) is 11.3 Å². The Balaban J connectivity index is 2.09. The van der Waals surface area contributed by atoms with Crippen LogP contribution in [0, 0.1) is 6.92 Å². The second-order valence-corrected chi connectivity index (χ2v) is 12.7. The minimum atomic E-state index is -1.83. The summed E-state index contributed by atoms with van der Waals surface area (Å²) in [6.07, 6.45) is 0.0211. The number of nitrogens with one attached hydrogen (secondary N) is 1. The standard InChI is InChI=1S/C14H25N3O2SSi/c1-10-9-20-13(16-10)17-8-11(7-15-12(17)18)19-21(5,6)14(2,3)4/h9,11H,7-8H2,1-6H3,(H,15,18). The smallest absolute Gasteiger partial charge is 0.323 e. The molecule has 1 unspecified atom stereocenters. The van der Waals surface area contributed by atoms with E-state index < -0.39 is 8.32 Å². The Bertz CT molecular complexity index is 525. The molecule has 0 bridgehead atoms. The molecule has 1 N–H and O–H groups in total. The van der Waals surface area contributed by atoms with Crippen LogP contribution in [-0.2, 0) is 4.43 Å². The molecule has 1 aliphatic heterocycles. The van der Waals surface area contributed by atoms with E-state index in [2.05, 4.69) is 44.2 Å². The summed E-state index contributed by atoms with van der Waals surface area (Å²) < 4.78 is 6.41. The quantitative estimate of drug-likeness (QED) is 0.866. The molecule has 1 aliphatic rings. The number of aryl methyl sites for hydroxylation is 1. The average Bonchev–Trinajstić information content (AvgIpc) is 2.76. The third-order valence-electron chi connectivity index (χ3n) is 4.22. The normalized spacial score (nSPS) is 20.6. The van der Waals surface area contributed by atoms with Crippen molar-refractivity contribution in [2.45, 2.75) is 51.9 Å². The summed E-state index contributed by atoms with van der Waals surface area (Å²) in [6.45, 7) is 14.2. The zero-order valence-corrected chi connectivity index (χ0v) is 15.5. The lowest BCUT2D eigenvalue weighted by molar-refractivity contribution is 0.167. The largest absolute Gasteiger partial charge is 0.410 e. The molecule has 1 saturated heterocycles. The van der Waals surface area contributed by atoms with Gasteiger partial charge in [-0.05, 0) is 25.1 Å². The maximum atomic E-state index is 12.0. The predicted octanol–water partition coefficient (Wildman–Crippen LogP) is 3.37. The average molecular weight is 328 g/mol. The van der Waals surface area contributed by atoms with Crippen LogP contribution in [0.15, 0.2) is 5.38 Å². The summed E-state index contributed by atoms with van der Waals surface area (Å²) in [6, 6.07) is -0.0839. The van der Waals surface area contributed by atoms with Crippen LogP contribution in [-0.4, -0.2) is 38.5 Å². The fourth-order valence-corrected chi connectivity index (χ4v) is 4.11. The summed E-state index contributed by atoms with van der Waals surface area (Å²) in [4.78, 5) is 18.1. The highest BCUT2D eigenvalue weighted by atomic mass is 32.1. The number of anilines is 1. The molecule has 2 rings (SSSR count). The van der Waals surface area contributed by atoms with Crippen LogP contribution >= 0.6 is 11.3 Å². The SMILES string of the molecule is Cc1csc(N2CC(O[Si](C)(C)C(C)(C)C)CNC2=O)n1. The van der Waals surface area contributed by atoms with E-state index in [1.54, 1.807) is 4.90 Å². The van der Waals surface area contributed by atoms with Crippen molar-refractivity contribution in [2.75, 3.05) is 18.0 Å². The number of hydrogen-bond acceptors (Lipinski definition) is 4. The third kappa shape index (κ3) is 3.64. The van der Waals surface area contributed by atoms with Crippen molar-refractivity contribution in [3.05, 3.63) is 11.1 Å². The fraction of sp³-hybridized carbons (Fsp3) is 0.714. The van der Waals surface area contributed by atoms with Gasteiger partial charge >= 0.3 is 6.03 Å². The zero-order chi connectivity index (χ0) is 15.8. The molecule has 0 spiro atoms. The minimum absolute atomic E-state index is 0.0211. The molecule has 0 aromatic carbocycles. The molecule has 1 aromatic heterocycles. The van der Waals surface area contributed by atoms with Crippen molar-refractivity contribution < 1.29 is 9.22 Å². The first-order valence-corrected chi connectivity index (χ1v) is 11.0. The number of amides is 2. The van der Waals surface area contributed by atoms with Gasteiger partial charge < -0.3 is 9.74 Å². The van der Waals surface area contributed by atoms with Crippen LogP contribution in [0.4, 0.5) is 9.93 Å². The molecule has 0 aliphatic carbocycles. The molecule has 21 heavy (non-hydrogen) atoms. The van der Waals surface area contributed by atoms with Gasteiger partial charge in [0.2, 0.25) is 0 Å². The van der Waals surface area contributed by atoms with Crippen molar-refractivity contribution in [1.29, 1.82) is 0 Å². The van der Waals surface area contributed by atoms with Gasteiger partial charge in [-0.3, -0.25) is 4.90 Å². The highest BCUT2D eigenvalue weighted by Crippen LogP contribution is 2.37. The van der Waals surface area contributed by atoms with Crippen molar-refractivity contribution in [2.24, 2.45) is 0 Å². The first-order chi connectivity index (χ1) is 9.60. The lowest BCUT2D eigenvalue weighted by atomic mass is 10.2. The maximum absolute atomic E-state index is 12.0. The fourth-order valence-electron chi connectivity index (χ4n) is 1.95. The Labute approximate surface area is 131 Å². The van der Waals surface area contributed by atoms with Gasteiger partial charge in [0, 0.05) is 11.9 Å². The summed E-state index contributed by atoms with van der Waals surface area (Å²) in [7, 11) is -1.83. The minimum Gasteiger partial charge on any atom is -0.410 e. The van der Waals surface area contributed by atoms with Crippen LogP contribution in [0.2, 0.25) is 18.1 Å². The van der Waals surface area contributed by atoms with Crippen LogP contribution in [0.25, 0.3) is 0 Å². The van der Waals surface area contributed by atoms with E-state index in [0.717, 1.165) is 10.8 Å². The molecular weight excluding hydrogens is 302 g/mol. The topological polar surface area (TPSA) is 54.5 Å². The number of rotatable bonds is 3. The molecule has 1 aromatic rings. The first kappa shape index (κ1) is 16.4. The number of aromatic nitrogens is 1. The Kier molecular flexibility index (Phi) is 4.46. The van der Waals surface area contributed by atoms with E-state index in [0.29, 0.717) is 13.1 Å². The lowest BCUT2D eigenvalue weighted by Gasteiger charge is -2.41. The van der Waals surface area contributed by atoms with Gasteiger partial charge in [0.25, 0.3) is 0 Å². The Morgan fingerprint density at radius 2 is 2.14 bits per heavy atom. The van der Waals surface area contributed by atoms with Crippen molar-refractivity contribution in [1.82, 2.24) is 10.3 Å². The Morgan fingerprint density at radius 3 is 2.67 bits per heavy atom. The van der Waals surface area contributed by atoms with Gasteiger partial charge in [0.05, 0.1) is 18.3 Å². The van der Waals surface area contributed by atoms with Gasteiger partial charge in [0.15, 0.2) is 13.4 Å². The molecule has 118 valence electrons. The van der Waals surface area contributed by atoms with Crippen LogP contribution in [0.3, 0.4) is 0 Å². The van der Waals surface area contributed by atoms with E-state index in [4.69, 9.17) is 4.43 Å². The molecule has 2 amide bonds. The highest BCUT2D eigenvalue weighted by molar-refractivity contribution is 7.14. The molecule has 1 fully saturated rings. The van der Waals surface area contributed by atoms with Gasteiger partial charge in [-0.1, -0.05) is 20.8 Å². The number of carbonyl (C=O) groups is 1. The molecule has 0 radical (unpaired) electrons. The van der Waals surface area contributed by atoms with E-state index in [1.807, 2.05) is 12.3 Å². The summed E-state index contributed by atoms with van der Waals surface area (Å²) in [5.74, 6) is 0. The molecule has 1 atom stereocenters. The Morgan fingerprint density at radius 1 is 1.48 bits per heavy atom. The second-order valence-electron chi connectivity index (χ2n) is 7.07. The van der Waals surface area contributed by atoms with Crippen LogP contribution < -0.4 is 10.2 Å². The number of thiazole rings is 1.